The lowest BCUT2D eigenvalue weighted by molar-refractivity contribution is -0.138. The highest BCUT2D eigenvalue weighted by molar-refractivity contribution is 5.23. The molecule has 96 valence electrons. The van der Waals surface area contributed by atoms with Crippen molar-refractivity contribution < 1.29 is 13.2 Å². The molecule has 0 aliphatic rings. The van der Waals surface area contributed by atoms with Crippen LogP contribution in [0.2, 0.25) is 0 Å². The van der Waals surface area contributed by atoms with E-state index >= 15 is 0 Å². The Balaban J connectivity index is 2.90. The van der Waals surface area contributed by atoms with Crippen LogP contribution in [0.25, 0.3) is 0 Å². The highest BCUT2D eigenvalue weighted by Gasteiger charge is 2.34. The van der Waals surface area contributed by atoms with E-state index in [1.54, 1.807) is 0 Å². The number of alkyl halides is 3. The molecule has 17 heavy (non-hydrogen) atoms. The van der Waals surface area contributed by atoms with Gasteiger partial charge in [0.25, 0.3) is 0 Å². The van der Waals surface area contributed by atoms with E-state index in [0.717, 1.165) is 19.0 Å². The summed E-state index contributed by atoms with van der Waals surface area (Å²) in [5.74, 6) is 0. The molecule has 1 rings (SSSR count). The normalized spacial score (nSPS) is 13.7. The smallest absolute Gasteiger partial charge is 0.314 e. The molecule has 0 spiro atoms. The average Bonchev–Trinajstić information content (AvgIpc) is 2.27. The molecule has 0 amide bonds. The standard InChI is InChI=1S/C12H17F3N2/c1-3-9(16-4-2)8-11-10(12(13,14)15)6-5-7-17-11/h5-7,9,16H,3-4,8H2,1-2H3. The zero-order chi connectivity index (χ0) is 12.9. The van der Waals surface area contributed by atoms with Crippen molar-refractivity contribution in [1.82, 2.24) is 10.3 Å². The summed E-state index contributed by atoms with van der Waals surface area (Å²) in [5, 5.41) is 3.15. The van der Waals surface area contributed by atoms with Crippen LogP contribution in [0.1, 0.15) is 31.5 Å². The second-order valence-corrected chi connectivity index (χ2v) is 3.86. The Bertz CT molecular complexity index is 350. The van der Waals surface area contributed by atoms with E-state index in [1.807, 2.05) is 13.8 Å². The molecule has 1 heterocycles. The van der Waals surface area contributed by atoms with E-state index in [4.69, 9.17) is 0 Å². The first kappa shape index (κ1) is 14.0. The van der Waals surface area contributed by atoms with Crippen molar-refractivity contribution in [2.45, 2.75) is 38.9 Å². The minimum absolute atomic E-state index is 0.0380. The molecule has 1 aromatic rings. The van der Waals surface area contributed by atoms with Gasteiger partial charge in [-0.3, -0.25) is 4.98 Å². The van der Waals surface area contributed by atoms with Crippen molar-refractivity contribution in [3.05, 3.63) is 29.6 Å². The number of rotatable bonds is 5. The first-order valence-electron chi connectivity index (χ1n) is 5.73. The van der Waals surface area contributed by atoms with Gasteiger partial charge in [0.15, 0.2) is 0 Å². The summed E-state index contributed by atoms with van der Waals surface area (Å²) in [6, 6.07) is 2.44. The molecule has 1 atom stereocenters. The Morgan fingerprint density at radius 1 is 1.35 bits per heavy atom. The molecule has 0 fully saturated rings. The first-order valence-corrected chi connectivity index (χ1v) is 5.73. The largest absolute Gasteiger partial charge is 0.418 e. The number of nitrogens with zero attached hydrogens (tertiary/aromatic N) is 1. The lowest BCUT2D eigenvalue weighted by Crippen LogP contribution is -2.31. The van der Waals surface area contributed by atoms with Gasteiger partial charge in [-0.05, 0) is 25.1 Å². The van der Waals surface area contributed by atoms with Gasteiger partial charge in [-0.15, -0.1) is 0 Å². The highest BCUT2D eigenvalue weighted by Crippen LogP contribution is 2.31. The molecule has 1 aromatic heterocycles. The molecular formula is C12H17F3N2. The summed E-state index contributed by atoms with van der Waals surface area (Å²) >= 11 is 0. The van der Waals surface area contributed by atoms with Crippen LogP contribution in [0, 0.1) is 0 Å². The third kappa shape index (κ3) is 4.00. The molecule has 0 aliphatic heterocycles. The summed E-state index contributed by atoms with van der Waals surface area (Å²) in [5.41, 5.74) is -0.510. The van der Waals surface area contributed by atoms with Gasteiger partial charge in [-0.1, -0.05) is 13.8 Å². The van der Waals surface area contributed by atoms with Crippen molar-refractivity contribution in [2.24, 2.45) is 0 Å². The van der Waals surface area contributed by atoms with Crippen molar-refractivity contribution in [3.63, 3.8) is 0 Å². The van der Waals surface area contributed by atoms with Crippen molar-refractivity contribution >= 4 is 0 Å². The lowest BCUT2D eigenvalue weighted by Gasteiger charge is -2.18. The summed E-state index contributed by atoms with van der Waals surface area (Å²) in [6.07, 6.45) is -1.83. The van der Waals surface area contributed by atoms with Crippen molar-refractivity contribution in [1.29, 1.82) is 0 Å². The van der Waals surface area contributed by atoms with Gasteiger partial charge in [0.05, 0.1) is 11.3 Å². The minimum Gasteiger partial charge on any atom is -0.314 e. The van der Waals surface area contributed by atoms with Gasteiger partial charge >= 0.3 is 6.18 Å². The predicted octanol–water partition coefficient (Wildman–Crippen LogP) is 3.03. The zero-order valence-corrected chi connectivity index (χ0v) is 10.0. The molecule has 2 nitrogen and oxygen atoms in total. The van der Waals surface area contributed by atoms with E-state index in [2.05, 4.69) is 10.3 Å². The van der Waals surface area contributed by atoms with E-state index < -0.39 is 11.7 Å². The number of halogens is 3. The van der Waals surface area contributed by atoms with Crippen LogP contribution >= 0.6 is 0 Å². The average molecular weight is 246 g/mol. The Morgan fingerprint density at radius 2 is 2.06 bits per heavy atom. The fraction of sp³-hybridized carbons (Fsp3) is 0.583. The molecule has 0 aromatic carbocycles. The summed E-state index contributed by atoms with van der Waals surface area (Å²) < 4.78 is 38.2. The minimum atomic E-state index is -4.33. The number of aromatic nitrogens is 1. The van der Waals surface area contributed by atoms with Crippen LogP contribution in [-0.4, -0.2) is 17.6 Å². The Labute approximate surface area is 99.3 Å². The topological polar surface area (TPSA) is 24.9 Å². The molecule has 0 saturated carbocycles. The van der Waals surface area contributed by atoms with Crippen LogP contribution < -0.4 is 5.32 Å². The maximum Gasteiger partial charge on any atom is 0.418 e. The third-order valence-corrected chi connectivity index (χ3v) is 2.62. The second kappa shape index (κ2) is 6.00. The van der Waals surface area contributed by atoms with Gasteiger partial charge < -0.3 is 5.32 Å². The quantitative estimate of drug-likeness (QED) is 0.863. The van der Waals surface area contributed by atoms with E-state index in [0.29, 0.717) is 6.42 Å². The first-order chi connectivity index (χ1) is 7.99. The second-order valence-electron chi connectivity index (χ2n) is 3.86. The molecule has 1 unspecified atom stereocenters. The Morgan fingerprint density at radius 3 is 2.59 bits per heavy atom. The predicted molar refractivity (Wildman–Crippen MR) is 60.7 cm³/mol. The molecule has 5 heteroatoms. The number of hydrogen-bond acceptors (Lipinski definition) is 2. The van der Waals surface area contributed by atoms with E-state index in [1.165, 1.54) is 12.3 Å². The van der Waals surface area contributed by atoms with Crippen LogP contribution in [0.15, 0.2) is 18.3 Å². The van der Waals surface area contributed by atoms with Crippen LogP contribution in [0.3, 0.4) is 0 Å². The van der Waals surface area contributed by atoms with Crippen LogP contribution in [-0.2, 0) is 12.6 Å². The van der Waals surface area contributed by atoms with Crippen molar-refractivity contribution in [3.8, 4) is 0 Å². The van der Waals surface area contributed by atoms with Gasteiger partial charge in [0.2, 0.25) is 0 Å². The third-order valence-electron chi connectivity index (χ3n) is 2.62. The van der Waals surface area contributed by atoms with Gasteiger partial charge in [-0.25, -0.2) is 0 Å². The van der Waals surface area contributed by atoms with Gasteiger partial charge in [0, 0.05) is 18.7 Å². The summed E-state index contributed by atoms with van der Waals surface area (Å²) in [6.45, 7) is 4.63. The highest BCUT2D eigenvalue weighted by atomic mass is 19.4. The summed E-state index contributed by atoms with van der Waals surface area (Å²) in [7, 11) is 0. The monoisotopic (exact) mass is 246 g/mol. The van der Waals surface area contributed by atoms with E-state index in [-0.39, 0.29) is 11.7 Å². The molecule has 0 radical (unpaired) electrons. The van der Waals surface area contributed by atoms with Gasteiger partial charge in [-0.2, -0.15) is 13.2 Å². The fourth-order valence-electron chi connectivity index (χ4n) is 1.74. The SMILES string of the molecule is CCNC(CC)Cc1ncccc1C(F)(F)F. The molecule has 1 N–H and O–H groups in total. The van der Waals surface area contributed by atoms with Crippen LogP contribution in [0.4, 0.5) is 13.2 Å². The lowest BCUT2D eigenvalue weighted by atomic mass is 10.0. The fourth-order valence-corrected chi connectivity index (χ4v) is 1.74. The number of hydrogen-bond donors (Lipinski definition) is 1. The molecule has 0 bridgehead atoms. The number of likely N-dealkylation sites (N-methyl/N-ethyl adjacent to an activating group) is 1. The summed E-state index contributed by atoms with van der Waals surface area (Å²) in [4.78, 5) is 3.86. The molecular weight excluding hydrogens is 229 g/mol. The molecule has 0 aliphatic carbocycles. The molecule has 0 saturated heterocycles. The number of nitrogens with one attached hydrogen (secondary N) is 1. The van der Waals surface area contributed by atoms with Crippen molar-refractivity contribution in [2.75, 3.05) is 6.54 Å². The van der Waals surface area contributed by atoms with E-state index in [9.17, 15) is 13.2 Å². The Kier molecular flexibility index (Phi) is 4.93. The maximum atomic E-state index is 12.7. The van der Waals surface area contributed by atoms with Crippen LogP contribution in [0.5, 0.6) is 0 Å². The Hall–Kier alpha value is -1.10. The van der Waals surface area contributed by atoms with Gasteiger partial charge in [0.1, 0.15) is 0 Å². The maximum absolute atomic E-state index is 12.7. The zero-order valence-electron chi connectivity index (χ0n) is 10.0. The number of pyridine rings is 1.